The minimum atomic E-state index is -1.10. The molecule has 16 heavy (non-hydrogen) atoms. The van der Waals surface area contributed by atoms with E-state index in [1.54, 1.807) is 13.8 Å². The van der Waals surface area contributed by atoms with Crippen LogP contribution in [0.1, 0.15) is 52.9 Å². The highest BCUT2D eigenvalue weighted by atomic mass is 16.4. The Morgan fingerprint density at radius 1 is 1.19 bits per heavy atom. The Morgan fingerprint density at radius 3 is 2.00 bits per heavy atom. The first kappa shape index (κ1) is 14.9. The number of hydrogen-bond donors (Lipinski definition) is 2. The van der Waals surface area contributed by atoms with Gasteiger partial charge in [-0.05, 0) is 19.3 Å². The molecule has 0 bridgehead atoms. The lowest BCUT2D eigenvalue weighted by molar-refractivity contribution is -0.164. The Kier molecular flexibility index (Phi) is 6.08. The van der Waals surface area contributed by atoms with E-state index in [9.17, 15) is 14.7 Å². The maximum absolute atomic E-state index is 11.4. The summed E-state index contributed by atoms with van der Waals surface area (Å²) in [5.74, 6) is -2.76. The van der Waals surface area contributed by atoms with Gasteiger partial charge < -0.3 is 10.2 Å². The molecule has 0 aliphatic rings. The Bertz CT molecular complexity index is 249. The molecule has 0 rings (SSSR count). The molecule has 2 atom stereocenters. The summed E-state index contributed by atoms with van der Waals surface area (Å²) in [4.78, 5) is 22.5. The highest BCUT2D eigenvalue weighted by Gasteiger charge is 2.46. The van der Waals surface area contributed by atoms with E-state index in [2.05, 4.69) is 0 Å². The molecule has 0 aliphatic carbocycles. The van der Waals surface area contributed by atoms with Crippen LogP contribution in [-0.2, 0) is 9.59 Å². The van der Waals surface area contributed by atoms with Crippen LogP contribution in [0.3, 0.4) is 0 Å². The number of carboxylic acid groups (broad SMARTS) is 2. The molecule has 4 heteroatoms. The van der Waals surface area contributed by atoms with Crippen molar-refractivity contribution >= 4 is 11.9 Å². The molecule has 0 aromatic carbocycles. The standard InChI is InChI=1S/C12H22O4/c1-4-7-8-12(6-3,11(15)16)9(5-2)10(13)14/h9H,4-8H2,1-3H3,(H,13,14)(H,15,16). The lowest BCUT2D eigenvalue weighted by atomic mass is 9.69. The summed E-state index contributed by atoms with van der Waals surface area (Å²) < 4.78 is 0. The molecule has 0 aromatic rings. The van der Waals surface area contributed by atoms with Crippen LogP contribution in [0, 0.1) is 11.3 Å². The molecule has 4 nitrogen and oxygen atoms in total. The van der Waals surface area contributed by atoms with Gasteiger partial charge in [-0.25, -0.2) is 0 Å². The van der Waals surface area contributed by atoms with Gasteiger partial charge in [0, 0.05) is 0 Å². The molecule has 0 spiro atoms. The van der Waals surface area contributed by atoms with Gasteiger partial charge in [-0.3, -0.25) is 9.59 Å². The van der Waals surface area contributed by atoms with Crippen LogP contribution in [0.4, 0.5) is 0 Å². The monoisotopic (exact) mass is 230 g/mol. The van der Waals surface area contributed by atoms with E-state index in [1.807, 2.05) is 6.92 Å². The molecule has 0 heterocycles. The third-order valence-electron chi connectivity index (χ3n) is 3.41. The molecule has 0 aromatic heterocycles. The van der Waals surface area contributed by atoms with Crippen molar-refractivity contribution < 1.29 is 19.8 Å². The number of rotatable bonds is 8. The Morgan fingerprint density at radius 2 is 1.75 bits per heavy atom. The fraction of sp³-hybridized carbons (Fsp3) is 0.833. The highest BCUT2D eigenvalue weighted by molar-refractivity contribution is 5.83. The topological polar surface area (TPSA) is 74.6 Å². The lowest BCUT2D eigenvalue weighted by Crippen LogP contribution is -2.42. The Labute approximate surface area is 96.7 Å². The average Bonchev–Trinajstić information content (AvgIpc) is 2.23. The fourth-order valence-electron chi connectivity index (χ4n) is 2.30. The summed E-state index contributed by atoms with van der Waals surface area (Å²) >= 11 is 0. The van der Waals surface area contributed by atoms with Crippen LogP contribution in [0.15, 0.2) is 0 Å². The van der Waals surface area contributed by atoms with Crippen molar-refractivity contribution in [1.29, 1.82) is 0 Å². The number of carboxylic acids is 2. The van der Waals surface area contributed by atoms with Crippen molar-refractivity contribution in [2.24, 2.45) is 11.3 Å². The summed E-state index contributed by atoms with van der Waals surface area (Å²) in [5, 5.41) is 18.5. The zero-order valence-electron chi connectivity index (χ0n) is 10.3. The van der Waals surface area contributed by atoms with Crippen molar-refractivity contribution in [3.63, 3.8) is 0 Å². The zero-order chi connectivity index (χ0) is 12.8. The second-order valence-corrected chi connectivity index (χ2v) is 4.22. The molecular formula is C12H22O4. The first-order chi connectivity index (χ1) is 7.46. The quantitative estimate of drug-likeness (QED) is 0.672. The maximum Gasteiger partial charge on any atom is 0.310 e. The summed E-state index contributed by atoms with van der Waals surface area (Å²) in [6.07, 6.45) is 2.81. The van der Waals surface area contributed by atoms with E-state index >= 15 is 0 Å². The first-order valence-corrected chi connectivity index (χ1v) is 5.92. The minimum Gasteiger partial charge on any atom is -0.481 e. The van der Waals surface area contributed by atoms with Crippen molar-refractivity contribution in [2.75, 3.05) is 0 Å². The molecular weight excluding hydrogens is 208 g/mol. The molecule has 0 radical (unpaired) electrons. The largest absolute Gasteiger partial charge is 0.481 e. The van der Waals surface area contributed by atoms with E-state index in [0.29, 0.717) is 19.3 Å². The minimum absolute atomic E-state index is 0.360. The third kappa shape index (κ3) is 2.97. The summed E-state index contributed by atoms with van der Waals surface area (Å²) in [5.41, 5.74) is -1.10. The van der Waals surface area contributed by atoms with Crippen LogP contribution >= 0.6 is 0 Å². The van der Waals surface area contributed by atoms with Crippen LogP contribution < -0.4 is 0 Å². The maximum atomic E-state index is 11.4. The smallest absolute Gasteiger partial charge is 0.310 e. The highest BCUT2D eigenvalue weighted by Crippen LogP contribution is 2.39. The predicted molar refractivity (Wildman–Crippen MR) is 61.3 cm³/mol. The van der Waals surface area contributed by atoms with Crippen molar-refractivity contribution in [1.82, 2.24) is 0 Å². The molecule has 0 aliphatic heterocycles. The second-order valence-electron chi connectivity index (χ2n) is 4.22. The number of carbonyl (C=O) groups is 2. The van der Waals surface area contributed by atoms with Gasteiger partial charge in [0.15, 0.2) is 0 Å². The van der Waals surface area contributed by atoms with Gasteiger partial charge in [0.05, 0.1) is 11.3 Å². The van der Waals surface area contributed by atoms with Crippen LogP contribution in [0.5, 0.6) is 0 Å². The predicted octanol–water partition coefficient (Wildman–Crippen LogP) is 2.77. The third-order valence-corrected chi connectivity index (χ3v) is 3.41. The molecule has 0 fully saturated rings. The van der Waals surface area contributed by atoms with Crippen molar-refractivity contribution in [3.8, 4) is 0 Å². The Hall–Kier alpha value is -1.06. The van der Waals surface area contributed by atoms with Crippen molar-refractivity contribution in [3.05, 3.63) is 0 Å². The Balaban J connectivity index is 5.14. The fourth-order valence-corrected chi connectivity index (χ4v) is 2.30. The summed E-state index contributed by atoms with van der Waals surface area (Å²) in [6.45, 7) is 5.47. The van der Waals surface area contributed by atoms with Gasteiger partial charge in [-0.1, -0.05) is 33.6 Å². The molecule has 2 N–H and O–H groups in total. The molecule has 94 valence electrons. The van der Waals surface area contributed by atoms with E-state index in [-0.39, 0.29) is 0 Å². The van der Waals surface area contributed by atoms with Gasteiger partial charge in [0.25, 0.3) is 0 Å². The average molecular weight is 230 g/mol. The van der Waals surface area contributed by atoms with Gasteiger partial charge in [-0.2, -0.15) is 0 Å². The van der Waals surface area contributed by atoms with Gasteiger partial charge in [-0.15, -0.1) is 0 Å². The van der Waals surface area contributed by atoms with E-state index in [4.69, 9.17) is 5.11 Å². The van der Waals surface area contributed by atoms with Gasteiger partial charge in [0.1, 0.15) is 0 Å². The summed E-state index contributed by atoms with van der Waals surface area (Å²) in [7, 11) is 0. The van der Waals surface area contributed by atoms with Crippen LogP contribution in [0.25, 0.3) is 0 Å². The first-order valence-electron chi connectivity index (χ1n) is 5.92. The summed E-state index contributed by atoms with van der Waals surface area (Å²) in [6, 6.07) is 0. The van der Waals surface area contributed by atoms with Crippen molar-refractivity contribution in [2.45, 2.75) is 52.9 Å². The SMILES string of the molecule is CCCCC(CC)(C(=O)O)C(CC)C(=O)O. The van der Waals surface area contributed by atoms with Gasteiger partial charge >= 0.3 is 11.9 Å². The number of aliphatic carboxylic acids is 2. The van der Waals surface area contributed by atoms with E-state index in [1.165, 1.54) is 0 Å². The zero-order valence-corrected chi connectivity index (χ0v) is 10.3. The normalized spacial score (nSPS) is 16.4. The van der Waals surface area contributed by atoms with Gasteiger partial charge in [0.2, 0.25) is 0 Å². The molecule has 0 amide bonds. The van der Waals surface area contributed by atoms with Crippen LogP contribution in [0.2, 0.25) is 0 Å². The van der Waals surface area contributed by atoms with E-state index < -0.39 is 23.3 Å². The lowest BCUT2D eigenvalue weighted by Gasteiger charge is -2.33. The molecule has 2 unspecified atom stereocenters. The second kappa shape index (κ2) is 6.51. The van der Waals surface area contributed by atoms with Crippen LogP contribution in [-0.4, -0.2) is 22.2 Å². The van der Waals surface area contributed by atoms with E-state index in [0.717, 1.165) is 12.8 Å². The molecule has 0 saturated heterocycles. The number of unbranched alkanes of at least 4 members (excludes halogenated alkanes) is 1. The molecule has 0 saturated carbocycles. The number of hydrogen-bond acceptors (Lipinski definition) is 2.